The fourth-order valence-corrected chi connectivity index (χ4v) is 5.27. The second kappa shape index (κ2) is 13.8. The normalized spacial score (nSPS) is 21.9. The number of benzene rings is 1. The van der Waals surface area contributed by atoms with Crippen LogP contribution < -0.4 is 4.74 Å². The summed E-state index contributed by atoms with van der Waals surface area (Å²) in [5.74, 6) is 2.16. The smallest absolute Gasteiger partial charge is 0.311 e. The summed E-state index contributed by atoms with van der Waals surface area (Å²) in [5, 5.41) is 0. The molecule has 178 valence electrons. The zero-order valence-corrected chi connectivity index (χ0v) is 20.0. The minimum Gasteiger partial charge on any atom is -0.427 e. The van der Waals surface area contributed by atoms with Gasteiger partial charge in [0.2, 0.25) is 0 Å². The Bertz CT molecular complexity index is 682. The maximum absolute atomic E-state index is 12.2. The van der Waals surface area contributed by atoms with Crippen molar-refractivity contribution in [2.45, 2.75) is 115 Å². The largest absolute Gasteiger partial charge is 0.427 e. The first-order valence-electron chi connectivity index (χ1n) is 13.1. The molecule has 2 fully saturated rings. The van der Waals surface area contributed by atoms with Gasteiger partial charge in [0.05, 0.1) is 6.10 Å². The van der Waals surface area contributed by atoms with Gasteiger partial charge >= 0.3 is 5.97 Å². The molecule has 2 saturated carbocycles. The van der Waals surface area contributed by atoms with Crippen molar-refractivity contribution in [2.24, 2.45) is 5.92 Å². The minimum absolute atomic E-state index is 0.170. The van der Waals surface area contributed by atoms with E-state index in [1.807, 2.05) is 19.1 Å². The lowest BCUT2D eigenvalue weighted by Crippen LogP contribution is -2.23. The molecule has 2 aliphatic carbocycles. The summed E-state index contributed by atoms with van der Waals surface area (Å²) >= 11 is 0. The number of carbonyl (C=O) groups excluding carboxylic acids is 2. The van der Waals surface area contributed by atoms with Gasteiger partial charge in [-0.3, -0.25) is 9.59 Å². The first kappa shape index (κ1) is 25.0. The van der Waals surface area contributed by atoms with Gasteiger partial charge in [0.15, 0.2) is 5.78 Å². The highest BCUT2D eigenvalue weighted by Gasteiger charge is 2.23. The number of esters is 1. The molecule has 0 aliphatic heterocycles. The molecule has 0 amide bonds. The molecule has 1 aromatic carbocycles. The van der Waals surface area contributed by atoms with Crippen molar-refractivity contribution in [3.63, 3.8) is 0 Å². The van der Waals surface area contributed by atoms with E-state index in [9.17, 15) is 9.59 Å². The number of ketones is 1. The molecular weight excluding hydrogens is 400 g/mol. The lowest BCUT2D eigenvalue weighted by molar-refractivity contribution is -0.134. The topological polar surface area (TPSA) is 52.6 Å². The molecule has 4 nitrogen and oxygen atoms in total. The van der Waals surface area contributed by atoms with Crippen LogP contribution in [0.15, 0.2) is 24.3 Å². The quantitative estimate of drug-likeness (QED) is 0.196. The second-order valence-electron chi connectivity index (χ2n) is 9.87. The molecule has 3 rings (SSSR count). The fraction of sp³-hybridized carbons (Fsp3) is 0.714. The van der Waals surface area contributed by atoms with Crippen LogP contribution >= 0.6 is 0 Å². The van der Waals surface area contributed by atoms with Gasteiger partial charge in [-0.15, -0.1) is 0 Å². The first-order chi connectivity index (χ1) is 15.6. The highest BCUT2D eigenvalue weighted by molar-refractivity contribution is 5.79. The van der Waals surface area contributed by atoms with Gasteiger partial charge in [0, 0.05) is 12.8 Å². The van der Waals surface area contributed by atoms with Gasteiger partial charge in [-0.05, 0) is 68.1 Å². The van der Waals surface area contributed by atoms with E-state index < -0.39 is 0 Å². The van der Waals surface area contributed by atoms with Gasteiger partial charge in [0.1, 0.15) is 12.4 Å². The number of carbonyl (C=O) groups is 2. The van der Waals surface area contributed by atoms with Crippen LogP contribution in [-0.2, 0) is 14.3 Å². The zero-order chi connectivity index (χ0) is 22.6. The second-order valence-corrected chi connectivity index (χ2v) is 9.87. The van der Waals surface area contributed by atoms with Crippen molar-refractivity contribution in [3.8, 4) is 5.75 Å². The average Bonchev–Trinajstić information content (AvgIpc) is 2.82. The van der Waals surface area contributed by atoms with Gasteiger partial charge in [-0.2, -0.15) is 0 Å². The lowest BCUT2D eigenvalue weighted by Gasteiger charge is -2.28. The van der Waals surface area contributed by atoms with Gasteiger partial charge in [0.25, 0.3) is 0 Å². The number of hydrogen-bond acceptors (Lipinski definition) is 4. The van der Waals surface area contributed by atoms with E-state index in [-0.39, 0.29) is 24.5 Å². The summed E-state index contributed by atoms with van der Waals surface area (Å²) in [7, 11) is 0. The summed E-state index contributed by atoms with van der Waals surface area (Å²) in [6.45, 7) is 2.26. The van der Waals surface area contributed by atoms with Crippen LogP contribution in [0.5, 0.6) is 5.75 Å². The summed E-state index contributed by atoms with van der Waals surface area (Å²) < 4.78 is 11.3. The van der Waals surface area contributed by atoms with E-state index in [1.165, 1.54) is 50.5 Å². The van der Waals surface area contributed by atoms with Crippen LogP contribution in [0.2, 0.25) is 0 Å². The van der Waals surface area contributed by atoms with Crippen molar-refractivity contribution in [1.29, 1.82) is 0 Å². The van der Waals surface area contributed by atoms with Crippen molar-refractivity contribution in [3.05, 3.63) is 29.8 Å². The van der Waals surface area contributed by atoms with E-state index in [4.69, 9.17) is 9.47 Å². The predicted octanol–water partition coefficient (Wildman–Crippen LogP) is 7.14. The highest BCUT2D eigenvalue weighted by Crippen LogP contribution is 2.35. The maximum atomic E-state index is 12.2. The monoisotopic (exact) mass is 442 g/mol. The molecule has 0 bridgehead atoms. The molecule has 0 saturated heterocycles. The van der Waals surface area contributed by atoms with Crippen LogP contribution in [0, 0.1) is 5.92 Å². The van der Waals surface area contributed by atoms with Gasteiger partial charge in [-0.25, -0.2) is 0 Å². The van der Waals surface area contributed by atoms with Gasteiger partial charge in [-0.1, -0.05) is 64.0 Å². The third kappa shape index (κ3) is 8.69. The summed E-state index contributed by atoms with van der Waals surface area (Å²) in [4.78, 5) is 23.8. The molecule has 0 radical (unpaired) electrons. The third-order valence-corrected chi connectivity index (χ3v) is 7.23. The summed E-state index contributed by atoms with van der Waals surface area (Å²) in [6.07, 6.45) is 16.9. The van der Waals surface area contributed by atoms with Crippen LogP contribution in [0.4, 0.5) is 0 Å². The number of ether oxygens (including phenoxy) is 2. The van der Waals surface area contributed by atoms with Crippen LogP contribution in [0.1, 0.15) is 115 Å². The third-order valence-electron chi connectivity index (χ3n) is 7.23. The molecule has 32 heavy (non-hydrogen) atoms. The Kier molecular flexibility index (Phi) is 10.7. The van der Waals surface area contributed by atoms with Crippen molar-refractivity contribution < 1.29 is 19.1 Å². The standard InChI is InChI=1S/C28H42O4/c1-2-8-28(30)32-27-19-15-24(16-20-27)23-13-17-26(18-14-23)31-21-25(29)12-7-6-11-22-9-4-3-5-10-22/h15-16,19-20,22-23,26H,2-14,17-18,21H2,1H3/t23-,26-. The van der Waals surface area contributed by atoms with Crippen LogP contribution in [0.3, 0.4) is 0 Å². The molecule has 0 unspecified atom stereocenters. The van der Waals surface area contributed by atoms with E-state index in [0.29, 0.717) is 24.5 Å². The zero-order valence-electron chi connectivity index (χ0n) is 20.0. The van der Waals surface area contributed by atoms with E-state index in [1.54, 1.807) is 0 Å². The summed E-state index contributed by atoms with van der Waals surface area (Å²) in [5.41, 5.74) is 1.30. The maximum Gasteiger partial charge on any atom is 0.311 e. The number of rotatable bonds is 12. The minimum atomic E-state index is -0.170. The van der Waals surface area contributed by atoms with Crippen LogP contribution in [-0.4, -0.2) is 24.5 Å². The molecule has 4 heteroatoms. The van der Waals surface area contributed by atoms with Crippen molar-refractivity contribution >= 4 is 11.8 Å². The van der Waals surface area contributed by atoms with E-state index in [2.05, 4.69) is 12.1 Å². The predicted molar refractivity (Wildman–Crippen MR) is 128 cm³/mol. The SMILES string of the molecule is CCCC(=O)Oc1ccc([C@H]2CC[C@H](OCC(=O)CCCCC3CCCCC3)CC2)cc1. The molecular formula is C28H42O4. The molecule has 2 aliphatic rings. The van der Waals surface area contributed by atoms with Gasteiger partial charge < -0.3 is 9.47 Å². The Morgan fingerprint density at radius 2 is 1.59 bits per heavy atom. The average molecular weight is 443 g/mol. The van der Waals surface area contributed by atoms with Crippen molar-refractivity contribution in [1.82, 2.24) is 0 Å². The Morgan fingerprint density at radius 1 is 0.875 bits per heavy atom. The Morgan fingerprint density at radius 3 is 2.28 bits per heavy atom. The molecule has 0 spiro atoms. The Labute approximate surface area is 194 Å². The van der Waals surface area contributed by atoms with E-state index >= 15 is 0 Å². The highest BCUT2D eigenvalue weighted by atomic mass is 16.5. The number of unbranched alkanes of at least 4 members (excludes halogenated alkanes) is 1. The fourth-order valence-electron chi connectivity index (χ4n) is 5.27. The Balaban J connectivity index is 1.27. The van der Waals surface area contributed by atoms with Crippen molar-refractivity contribution in [2.75, 3.05) is 6.61 Å². The first-order valence-corrected chi connectivity index (χ1v) is 13.1. The number of Topliss-reactive ketones (excluding diaryl/α,β-unsaturated/α-hetero) is 1. The van der Waals surface area contributed by atoms with Crippen LogP contribution in [0.25, 0.3) is 0 Å². The van der Waals surface area contributed by atoms with E-state index in [0.717, 1.165) is 44.4 Å². The molecule has 0 heterocycles. The summed E-state index contributed by atoms with van der Waals surface area (Å²) in [6, 6.07) is 7.96. The molecule has 1 aromatic rings. The lowest BCUT2D eigenvalue weighted by atomic mass is 9.83. The number of hydrogen-bond donors (Lipinski definition) is 0. The molecule has 0 atom stereocenters. The molecule has 0 N–H and O–H groups in total. The Hall–Kier alpha value is -1.68. The molecule has 0 aromatic heterocycles.